The van der Waals surface area contributed by atoms with Crippen molar-refractivity contribution in [3.8, 4) is 0 Å². The number of urea groups is 1. The molecule has 0 aromatic heterocycles. The molecular formula is C11H22N2O3S. The van der Waals surface area contributed by atoms with Crippen molar-refractivity contribution >= 4 is 23.8 Å². The van der Waals surface area contributed by atoms with Gasteiger partial charge >= 0.3 is 12.0 Å². The van der Waals surface area contributed by atoms with Crippen molar-refractivity contribution in [1.82, 2.24) is 10.6 Å². The van der Waals surface area contributed by atoms with Crippen molar-refractivity contribution in [2.24, 2.45) is 0 Å². The van der Waals surface area contributed by atoms with Crippen LogP contribution in [0.25, 0.3) is 0 Å². The van der Waals surface area contributed by atoms with Gasteiger partial charge in [-0.15, -0.1) is 0 Å². The van der Waals surface area contributed by atoms with E-state index >= 15 is 0 Å². The first kappa shape index (κ1) is 16.1. The van der Waals surface area contributed by atoms with Crippen molar-refractivity contribution in [3.05, 3.63) is 0 Å². The van der Waals surface area contributed by atoms with Gasteiger partial charge in [-0.05, 0) is 31.8 Å². The van der Waals surface area contributed by atoms with Gasteiger partial charge in [0.25, 0.3) is 0 Å². The summed E-state index contributed by atoms with van der Waals surface area (Å²) in [6.45, 7) is 5.71. The molecule has 0 aliphatic rings. The number of amides is 2. The minimum atomic E-state index is -0.912. The number of hydrogen-bond acceptors (Lipinski definition) is 3. The first-order valence-corrected chi connectivity index (χ1v) is 6.97. The van der Waals surface area contributed by atoms with Gasteiger partial charge in [-0.25, -0.2) is 4.79 Å². The molecule has 0 aliphatic carbocycles. The summed E-state index contributed by atoms with van der Waals surface area (Å²) in [4.78, 5) is 21.9. The molecule has 0 saturated heterocycles. The molecule has 0 spiro atoms. The summed E-state index contributed by atoms with van der Waals surface area (Å²) in [5, 5.41) is 13.9. The summed E-state index contributed by atoms with van der Waals surface area (Å²) in [6.07, 6.45) is 0.854. The minimum absolute atomic E-state index is 0.0620. The molecule has 3 N–H and O–H groups in total. The Labute approximate surface area is 107 Å². The number of carbonyl (C=O) groups excluding carboxylic acids is 1. The molecule has 0 aliphatic heterocycles. The van der Waals surface area contributed by atoms with E-state index in [-0.39, 0.29) is 24.5 Å². The average Bonchev–Trinajstić information content (AvgIpc) is 2.15. The van der Waals surface area contributed by atoms with Crippen LogP contribution >= 0.6 is 11.8 Å². The summed E-state index contributed by atoms with van der Waals surface area (Å²) in [5.41, 5.74) is 0. The predicted molar refractivity (Wildman–Crippen MR) is 70.5 cm³/mol. The highest BCUT2D eigenvalue weighted by molar-refractivity contribution is 7.99. The van der Waals surface area contributed by atoms with Crippen LogP contribution in [-0.4, -0.2) is 40.7 Å². The quantitative estimate of drug-likeness (QED) is 0.582. The molecular weight excluding hydrogens is 240 g/mol. The average molecular weight is 262 g/mol. The topological polar surface area (TPSA) is 78.4 Å². The van der Waals surface area contributed by atoms with E-state index in [1.54, 1.807) is 6.92 Å². The lowest BCUT2D eigenvalue weighted by molar-refractivity contribution is -0.137. The Morgan fingerprint density at radius 1 is 1.24 bits per heavy atom. The van der Waals surface area contributed by atoms with Gasteiger partial charge in [0.2, 0.25) is 0 Å². The molecule has 0 rings (SSSR count). The number of thioether (sulfide) groups is 1. The molecule has 5 nitrogen and oxygen atoms in total. The lowest BCUT2D eigenvalue weighted by Gasteiger charge is -2.17. The summed E-state index contributed by atoms with van der Waals surface area (Å²) >= 11 is 1.84. The molecule has 0 aromatic rings. The fraction of sp³-hybridized carbons (Fsp3) is 0.818. The van der Waals surface area contributed by atoms with Crippen molar-refractivity contribution in [1.29, 1.82) is 0 Å². The maximum absolute atomic E-state index is 11.5. The van der Waals surface area contributed by atoms with Crippen LogP contribution in [0.2, 0.25) is 0 Å². The molecule has 2 unspecified atom stereocenters. The lowest BCUT2D eigenvalue weighted by atomic mass is 10.2. The van der Waals surface area contributed by atoms with Crippen LogP contribution in [0.1, 0.15) is 33.6 Å². The van der Waals surface area contributed by atoms with Gasteiger partial charge in [0.1, 0.15) is 0 Å². The van der Waals surface area contributed by atoms with E-state index in [0.29, 0.717) is 0 Å². The van der Waals surface area contributed by atoms with Crippen molar-refractivity contribution in [3.63, 3.8) is 0 Å². The predicted octanol–water partition coefficient (Wildman–Crippen LogP) is 1.68. The van der Waals surface area contributed by atoms with Gasteiger partial charge in [-0.3, -0.25) is 4.79 Å². The normalized spacial score (nSPS) is 13.8. The van der Waals surface area contributed by atoms with Gasteiger partial charge in [0.15, 0.2) is 0 Å². The van der Waals surface area contributed by atoms with E-state index in [1.807, 2.05) is 18.7 Å². The molecule has 6 heteroatoms. The van der Waals surface area contributed by atoms with Crippen LogP contribution in [0.3, 0.4) is 0 Å². The molecule has 0 heterocycles. The van der Waals surface area contributed by atoms with Crippen LogP contribution in [-0.2, 0) is 4.79 Å². The second-order valence-corrected chi connectivity index (χ2v) is 5.40. The number of aliphatic carboxylic acids is 1. The molecule has 2 atom stereocenters. The van der Waals surface area contributed by atoms with Gasteiger partial charge < -0.3 is 15.7 Å². The van der Waals surface area contributed by atoms with Crippen LogP contribution in [0.4, 0.5) is 4.79 Å². The Morgan fingerprint density at radius 3 is 2.35 bits per heavy atom. The number of nitrogens with one attached hydrogen (secondary N) is 2. The molecule has 0 fully saturated rings. The van der Waals surface area contributed by atoms with E-state index in [4.69, 9.17) is 5.11 Å². The highest BCUT2D eigenvalue weighted by atomic mass is 32.2. The summed E-state index contributed by atoms with van der Waals surface area (Å²) in [7, 11) is 0. The zero-order chi connectivity index (χ0) is 13.3. The minimum Gasteiger partial charge on any atom is -0.481 e. The summed E-state index contributed by atoms with van der Waals surface area (Å²) in [5.74, 6) is 1.18. The second kappa shape index (κ2) is 9.15. The molecule has 2 amide bonds. The fourth-order valence-electron chi connectivity index (χ4n) is 1.28. The van der Waals surface area contributed by atoms with Gasteiger partial charge in [-0.2, -0.15) is 11.8 Å². The van der Waals surface area contributed by atoms with Crippen LogP contribution in [0.5, 0.6) is 0 Å². The third-order valence-electron chi connectivity index (χ3n) is 2.14. The molecule has 100 valence electrons. The molecule has 0 bridgehead atoms. The number of carbonyl (C=O) groups is 2. The first-order chi connectivity index (χ1) is 7.95. The van der Waals surface area contributed by atoms with E-state index < -0.39 is 5.97 Å². The number of rotatable bonds is 8. The SMILES string of the molecule is CCSCCC(C)NC(=O)NC(C)CC(=O)O. The number of hydrogen-bond donors (Lipinski definition) is 3. The van der Waals surface area contributed by atoms with Crippen LogP contribution < -0.4 is 10.6 Å². The van der Waals surface area contributed by atoms with Crippen molar-refractivity contribution in [2.75, 3.05) is 11.5 Å². The molecule has 0 saturated carbocycles. The third-order valence-corrected chi connectivity index (χ3v) is 3.07. The highest BCUT2D eigenvalue weighted by Gasteiger charge is 2.12. The Balaban J connectivity index is 3.73. The van der Waals surface area contributed by atoms with Crippen LogP contribution in [0.15, 0.2) is 0 Å². The number of carboxylic acids is 1. The Hall–Kier alpha value is -0.910. The summed E-state index contributed by atoms with van der Waals surface area (Å²) in [6, 6.07) is -0.552. The van der Waals surface area contributed by atoms with Gasteiger partial charge in [0.05, 0.1) is 6.42 Å². The zero-order valence-corrected chi connectivity index (χ0v) is 11.5. The van der Waals surface area contributed by atoms with Crippen molar-refractivity contribution < 1.29 is 14.7 Å². The maximum Gasteiger partial charge on any atom is 0.315 e. The van der Waals surface area contributed by atoms with Gasteiger partial charge in [-0.1, -0.05) is 6.92 Å². The molecule has 0 aromatic carbocycles. The Kier molecular flexibility index (Phi) is 8.66. The lowest BCUT2D eigenvalue weighted by Crippen LogP contribution is -2.45. The zero-order valence-electron chi connectivity index (χ0n) is 10.7. The monoisotopic (exact) mass is 262 g/mol. The number of carboxylic acid groups (broad SMARTS) is 1. The Morgan fingerprint density at radius 2 is 1.82 bits per heavy atom. The second-order valence-electron chi connectivity index (χ2n) is 4.00. The highest BCUT2D eigenvalue weighted by Crippen LogP contribution is 2.03. The van der Waals surface area contributed by atoms with E-state index in [1.165, 1.54) is 0 Å². The smallest absolute Gasteiger partial charge is 0.315 e. The third kappa shape index (κ3) is 9.99. The summed E-state index contributed by atoms with van der Waals surface area (Å²) < 4.78 is 0. The van der Waals surface area contributed by atoms with Crippen molar-refractivity contribution in [2.45, 2.75) is 45.7 Å². The first-order valence-electron chi connectivity index (χ1n) is 5.82. The Bertz CT molecular complexity index is 249. The standard InChI is InChI=1S/C11H22N2O3S/c1-4-17-6-5-8(2)12-11(16)13-9(3)7-10(14)15/h8-9H,4-7H2,1-3H3,(H,14,15)(H2,12,13,16). The van der Waals surface area contributed by atoms with E-state index in [2.05, 4.69) is 17.6 Å². The maximum atomic E-state index is 11.5. The molecule has 17 heavy (non-hydrogen) atoms. The van der Waals surface area contributed by atoms with E-state index in [9.17, 15) is 9.59 Å². The van der Waals surface area contributed by atoms with Crippen LogP contribution in [0, 0.1) is 0 Å². The molecule has 0 radical (unpaired) electrons. The van der Waals surface area contributed by atoms with E-state index in [0.717, 1.165) is 17.9 Å². The largest absolute Gasteiger partial charge is 0.481 e. The fourth-order valence-corrected chi connectivity index (χ4v) is 2.09. The van der Waals surface area contributed by atoms with Gasteiger partial charge in [0, 0.05) is 12.1 Å².